The highest BCUT2D eigenvalue weighted by molar-refractivity contribution is 5.94. The van der Waals surface area contributed by atoms with Gasteiger partial charge >= 0.3 is 0 Å². The van der Waals surface area contributed by atoms with E-state index in [9.17, 15) is 4.79 Å². The van der Waals surface area contributed by atoms with Gasteiger partial charge in [-0.1, -0.05) is 18.8 Å². The van der Waals surface area contributed by atoms with E-state index in [-0.39, 0.29) is 12.5 Å². The van der Waals surface area contributed by atoms with Crippen LogP contribution in [0.5, 0.6) is 0 Å². The largest absolute Gasteiger partial charge is 0.395 e. The van der Waals surface area contributed by atoms with Crippen LogP contribution in [0.2, 0.25) is 0 Å². The summed E-state index contributed by atoms with van der Waals surface area (Å²) < 4.78 is 0. The summed E-state index contributed by atoms with van der Waals surface area (Å²) in [6.07, 6.45) is 2.75. The summed E-state index contributed by atoms with van der Waals surface area (Å²) in [7, 11) is 0. The second-order valence-corrected chi connectivity index (χ2v) is 5.86. The van der Waals surface area contributed by atoms with Crippen molar-refractivity contribution in [1.82, 2.24) is 4.90 Å². The fourth-order valence-corrected chi connectivity index (χ4v) is 2.76. The molecule has 3 nitrogen and oxygen atoms in total. The molecule has 0 radical (unpaired) electrons. The summed E-state index contributed by atoms with van der Waals surface area (Å²) in [5.41, 5.74) is 2.61. The van der Waals surface area contributed by atoms with Crippen LogP contribution in [-0.4, -0.2) is 35.6 Å². The number of carbonyl (C=O) groups excluding carboxylic acids is 1. The van der Waals surface area contributed by atoms with Gasteiger partial charge in [0.1, 0.15) is 0 Å². The minimum atomic E-state index is 0.0657. The molecule has 0 saturated carbocycles. The lowest BCUT2D eigenvalue weighted by Gasteiger charge is -2.31. The Bertz CT molecular complexity index is 568. The normalized spacial score (nSPS) is 18.0. The number of hydrogen-bond donors (Lipinski definition) is 1. The molecule has 3 heteroatoms. The van der Waals surface area contributed by atoms with Gasteiger partial charge in [0.05, 0.1) is 6.61 Å². The number of aliphatic hydroxyl groups excluding tert-OH is 1. The first-order valence-corrected chi connectivity index (χ1v) is 7.61. The van der Waals surface area contributed by atoms with Crippen LogP contribution in [0.15, 0.2) is 18.2 Å². The molecule has 1 unspecified atom stereocenters. The van der Waals surface area contributed by atoms with Gasteiger partial charge in [-0.05, 0) is 49.4 Å². The molecular weight excluding hydrogens is 262 g/mol. The first-order chi connectivity index (χ1) is 10.1. The molecule has 0 aliphatic carbocycles. The Morgan fingerprint density at radius 3 is 2.95 bits per heavy atom. The summed E-state index contributed by atoms with van der Waals surface area (Å²) in [4.78, 5) is 14.6. The molecule has 21 heavy (non-hydrogen) atoms. The average molecular weight is 285 g/mol. The molecular formula is C18H23NO2. The van der Waals surface area contributed by atoms with Crippen LogP contribution in [-0.2, 0) is 0 Å². The third-order valence-corrected chi connectivity index (χ3v) is 3.74. The number of rotatable bonds is 2. The van der Waals surface area contributed by atoms with Gasteiger partial charge in [-0.15, -0.1) is 0 Å². The minimum absolute atomic E-state index is 0.0657. The molecule has 1 heterocycles. The molecule has 0 spiro atoms. The van der Waals surface area contributed by atoms with E-state index in [2.05, 4.69) is 18.8 Å². The second kappa shape index (κ2) is 7.28. The first kappa shape index (κ1) is 15.6. The lowest BCUT2D eigenvalue weighted by molar-refractivity contribution is 0.0683. The zero-order chi connectivity index (χ0) is 15.2. The summed E-state index contributed by atoms with van der Waals surface area (Å²) in [6.45, 7) is 5.94. The van der Waals surface area contributed by atoms with Gasteiger partial charge in [-0.3, -0.25) is 4.79 Å². The van der Waals surface area contributed by atoms with Crippen LogP contribution >= 0.6 is 0 Å². The molecule has 1 atom stereocenters. The van der Waals surface area contributed by atoms with E-state index < -0.39 is 0 Å². The number of hydrogen-bond acceptors (Lipinski definition) is 2. The Kier molecular flexibility index (Phi) is 5.41. The van der Waals surface area contributed by atoms with Crippen molar-refractivity contribution < 1.29 is 9.90 Å². The van der Waals surface area contributed by atoms with Crippen LogP contribution in [0.1, 0.15) is 47.7 Å². The molecule has 1 aromatic rings. The van der Waals surface area contributed by atoms with Gasteiger partial charge < -0.3 is 10.0 Å². The van der Waals surface area contributed by atoms with E-state index in [1.807, 2.05) is 30.0 Å². The molecule has 1 amide bonds. The van der Waals surface area contributed by atoms with Crippen molar-refractivity contribution in [2.24, 2.45) is 5.92 Å². The van der Waals surface area contributed by atoms with Crippen molar-refractivity contribution in [1.29, 1.82) is 0 Å². The van der Waals surface area contributed by atoms with Crippen LogP contribution in [0, 0.1) is 24.7 Å². The number of carbonyl (C=O) groups is 1. The summed E-state index contributed by atoms with van der Waals surface area (Å²) >= 11 is 0. The third-order valence-electron chi connectivity index (χ3n) is 3.74. The first-order valence-electron chi connectivity index (χ1n) is 7.61. The van der Waals surface area contributed by atoms with Gasteiger partial charge in [-0.25, -0.2) is 0 Å². The Morgan fingerprint density at radius 1 is 1.43 bits per heavy atom. The van der Waals surface area contributed by atoms with E-state index in [4.69, 9.17) is 5.11 Å². The summed E-state index contributed by atoms with van der Waals surface area (Å²) in [5.74, 6) is 6.61. The smallest absolute Gasteiger partial charge is 0.253 e. The van der Waals surface area contributed by atoms with Gasteiger partial charge in [0.15, 0.2) is 0 Å². The van der Waals surface area contributed by atoms with Crippen molar-refractivity contribution in [2.45, 2.75) is 33.1 Å². The predicted molar refractivity (Wildman–Crippen MR) is 84.1 cm³/mol. The third kappa shape index (κ3) is 4.34. The average Bonchev–Trinajstić information content (AvgIpc) is 2.46. The maximum absolute atomic E-state index is 12.6. The second-order valence-electron chi connectivity index (χ2n) is 5.86. The van der Waals surface area contributed by atoms with Crippen molar-refractivity contribution in [3.63, 3.8) is 0 Å². The summed E-state index contributed by atoms with van der Waals surface area (Å²) in [6, 6.07) is 5.76. The van der Waals surface area contributed by atoms with E-state index in [0.717, 1.165) is 36.2 Å². The van der Waals surface area contributed by atoms with E-state index in [1.165, 1.54) is 6.42 Å². The van der Waals surface area contributed by atoms with Crippen LogP contribution in [0.3, 0.4) is 0 Å². The fourth-order valence-electron chi connectivity index (χ4n) is 2.76. The van der Waals surface area contributed by atoms with Gasteiger partial charge in [0, 0.05) is 30.6 Å². The number of benzene rings is 1. The maximum atomic E-state index is 12.6. The zero-order valence-electron chi connectivity index (χ0n) is 12.9. The van der Waals surface area contributed by atoms with Crippen LogP contribution in [0.25, 0.3) is 0 Å². The Morgan fingerprint density at radius 2 is 2.24 bits per heavy atom. The highest BCUT2D eigenvalue weighted by Gasteiger charge is 2.22. The number of nitrogens with zero attached hydrogens (tertiary/aromatic N) is 1. The molecule has 112 valence electrons. The monoisotopic (exact) mass is 285 g/mol. The van der Waals surface area contributed by atoms with E-state index in [0.29, 0.717) is 12.3 Å². The van der Waals surface area contributed by atoms with Crippen molar-refractivity contribution in [2.75, 3.05) is 19.7 Å². The zero-order valence-corrected chi connectivity index (χ0v) is 12.9. The number of piperidine rings is 1. The van der Waals surface area contributed by atoms with Crippen molar-refractivity contribution in [3.8, 4) is 11.8 Å². The number of amides is 1. The van der Waals surface area contributed by atoms with Crippen LogP contribution < -0.4 is 0 Å². The molecule has 1 aliphatic rings. The quantitative estimate of drug-likeness (QED) is 0.849. The van der Waals surface area contributed by atoms with Crippen molar-refractivity contribution in [3.05, 3.63) is 34.9 Å². The topological polar surface area (TPSA) is 40.5 Å². The molecule has 1 aromatic carbocycles. The molecule has 0 aromatic heterocycles. The fraction of sp³-hybridized carbons (Fsp3) is 0.500. The highest BCUT2D eigenvalue weighted by Crippen LogP contribution is 2.19. The number of aliphatic hydroxyl groups is 1. The lowest BCUT2D eigenvalue weighted by atomic mass is 9.98. The van der Waals surface area contributed by atoms with E-state index >= 15 is 0 Å². The van der Waals surface area contributed by atoms with Crippen LogP contribution in [0.4, 0.5) is 0 Å². The molecule has 1 fully saturated rings. The number of aryl methyl sites for hydroxylation is 1. The standard InChI is InChI=1S/C18H23NO2/c1-14-6-5-8-19(13-14)18(21)17-11-15(2)10-16(12-17)7-3-4-9-20/h10-12,14,20H,4-6,8-9,13H2,1-2H3. The van der Waals surface area contributed by atoms with E-state index in [1.54, 1.807) is 0 Å². The number of likely N-dealkylation sites (tertiary alicyclic amines) is 1. The molecule has 1 saturated heterocycles. The minimum Gasteiger partial charge on any atom is -0.395 e. The van der Waals surface area contributed by atoms with Gasteiger partial charge in [0.25, 0.3) is 5.91 Å². The summed E-state index contributed by atoms with van der Waals surface area (Å²) in [5, 5.41) is 8.77. The Labute approximate surface area is 127 Å². The Balaban J connectivity index is 2.19. The molecule has 1 N–H and O–H groups in total. The maximum Gasteiger partial charge on any atom is 0.253 e. The highest BCUT2D eigenvalue weighted by atomic mass is 16.2. The predicted octanol–water partition coefficient (Wildman–Crippen LogP) is 2.60. The Hall–Kier alpha value is -1.79. The SMILES string of the molecule is Cc1cc(C#CCCO)cc(C(=O)N2CCCC(C)C2)c1. The van der Waals surface area contributed by atoms with Gasteiger partial charge in [0.2, 0.25) is 0 Å². The molecule has 0 bridgehead atoms. The van der Waals surface area contributed by atoms with Crippen molar-refractivity contribution >= 4 is 5.91 Å². The lowest BCUT2D eigenvalue weighted by Crippen LogP contribution is -2.39. The molecule has 1 aliphatic heterocycles. The van der Waals surface area contributed by atoms with Gasteiger partial charge in [-0.2, -0.15) is 0 Å². The molecule has 2 rings (SSSR count).